The van der Waals surface area contributed by atoms with E-state index < -0.39 is 6.04 Å². The number of nitriles is 1. The second-order valence-electron chi connectivity index (χ2n) is 3.08. The Kier molecular flexibility index (Phi) is 2.48. The first-order valence-electron chi connectivity index (χ1n) is 3.95. The van der Waals surface area contributed by atoms with Crippen LogP contribution in [0.1, 0.15) is 25.7 Å². The molecular formula is C8H14N2O. The monoisotopic (exact) mass is 154 g/mol. The topological polar surface area (TPSA) is 59.0 Å². The Hall–Kier alpha value is -0.590. The van der Waals surface area contributed by atoms with Crippen molar-refractivity contribution < 1.29 is 4.74 Å². The third-order valence-corrected chi connectivity index (χ3v) is 2.56. The van der Waals surface area contributed by atoms with Crippen molar-refractivity contribution in [2.75, 3.05) is 7.11 Å². The molecule has 1 aliphatic carbocycles. The van der Waals surface area contributed by atoms with E-state index >= 15 is 0 Å². The van der Waals surface area contributed by atoms with Crippen molar-refractivity contribution in [1.82, 2.24) is 0 Å². The van der Waals surface area contributed by atoms with Crippen LogP contribution in [0, 0.1) is 11.3 Å². The molecule has 0 aromatic carbocycles. The van der Waals surface area contributed by atoms with Crippen LogP contribution in [-0.4, -0.2) is 18.8 Å². The Morgan fingerprint density at radius 1 is 1.55 bits per heavy atom. The second-order valence-corrected chi connectivity index (χ2v) is 3.08. The van der Waals surface area contributed by atoms with Crippen molar-refractivity contribution >= 4 is 0 Å². The molecule has 3 heteroatoms. The molecule has 0 amide bonds. The van der Waals surface area contributed by atoms with E-state index in [2.05, 4.69) is 6.07 Å². The van der Waals surface area contributed by atoms with Gasteiger partial charge in [-0.2, -0.15) is 5.26 Å². The predicted octanol–water partition coefficient (Wildman–Crippen LogP) is 0.796. The summed E-state index contributed by atoms with van der Waals surface area (Å²) in [5.74, 6) is 0. The normalized spacial score (nSPS) is 24.5. The summed E-state index contributed by atoms with van der Waals surface area (Å²) in [5.41, 5.74) is 5.30. The van der Waals surface area contributed by atoms with E-state index in [0.29, 0.717) is 0 Å². The van der Waals surface area contributed by atoms with Gasteiger partial charge in [-0.15, -0.1) is 0 Å². The summed E-state index contributed by atoms with van der Waals surface area (Å²) in [4.78, 5) is 0. The number of ether oxygens (including phenoxy) is 1. The summed E-state index contributed by atoms with van der Waals surface area (Å²) in [7, 11) is 1.64. The summed E-state index contributed by atoms with van der Waals surface area (Å²) >= 11 is 0. The van der Waals surface area contributed by atoms with Gasteiger partial charge in [0.15, 0.2) is 0 Å². The SMILES string of the molecule is COC1(C(N)C#N)CCCC1. The minimum absolute atomic E-state index is 0.339. The summed E-state index contributed by atoms with van der Waals surface area (Å²) < 4.78 is 5.30. The minimum atomic E-state index is -0.463. The van der Waals surface area contributed by atoms with Gasteiger partial charge in [0, 0.05) is 7.11 Å². The molecule has 3 nitrogen and oxygen atoms in total. The summed E-state index contributed by atoms with van der Waals surface area (Å²) in [6.07, 6.45) is 4.11. The molecule has 1 atom stereocenters. The van der Waals surface area contributed by atoms with Crippen molar-refractivity contribution in [3.8, 4) is 6.07 Å². The molecule has 1 fully saturated rings. The van der Waals surface area contributed by atoms with Crippen LogP contribution in [-0.2, 0) is 4.74 Å². The standard InChI is InChI=1S/C8H14N2O/c1-11-8(7(10)6-9)4-2-3-5-8/h7H,2-5,10H2,1H3. The fraction of sp³-hybridized carbons (Fsp3) is 0.875. The summed E-state index contributed by atoms with van der Waals surface area (Å²) in [6.45, 7) is 0. The smallest absolute Gasteiger partial charge is 0.122 e. The first kappa shape index (κ1) is 8.51. The van der Waals surface area contributed by atoms with Crippen LogP contribution in [0.2, 0.25) is 0 Å². The van der Waals surface area contributed by atoms with E-state index in [-0.39, 0.29) is 5.60 Å². The minimum Gasteiger partial charge on any atom is -0.375 e. The van der Waals surface area contributed by atoms with Crippen molar-refractivity contribution in [2.24, 2.45) is 5.73 Å². The fourth-order valence-corrected chi connectivity index (χ4v) is 1.73. The van der Waals surface area contributed by atoms with Crippen LogP contribution in [0.5, 0.6) is 0 Å². The molecular weight excluding hydrogens is 140 g/mol. The maximum Gasteiger partial charge on any atom is 0.122 e. The van der Waals surface area contributed by atoms with Gasteiger partial charge in [0.05, 0.1) is 11.7 Å². The lowest BCUT2D eigenvalue weighted by Crippen LogP contribution is -2.46. The van der Waals surface area contributed by atoms with E-state index in [1.165, 1.54) is 0 Å². The number of methoxy groups -OCH3 is 1. The molecule has 62 valence electrons. The molecule has 0 radical (unpaired) electrons. The average Bonchev–Trinajstić information content (AvgIpc) is 2.52. The quantitative estimate of drug-likeness (QED) is 0.640. The third-order valence-electron chi connectivity index (χ3n) is 2.56. The van der Waals surface area contributed by atoms with E-state index in [9.17, 15) is 0 Å². The van der Waals surface area contributed by atoms with Gasteiger partial charge in [-0.25, -0.2) is 0 Å². The maximum absolute atomic E-state index is 8.64. The molecule has 0 aromatic heterocycles. The average molecular weight is 154 g/mol. The largest absolute Gasteiger partial charge is 0.375 e. The molecule has 0 aromatic rings. The van der Waals surface area contributed by atoms with Crippen molar-refractivity contribution in [2.45, 2.75) is 37.3 Å². The Morgan fingerprint density at radius 2 is 2.09 bits per heavy atom. The highest BCUT2D eigenvalue weighted by Crippen LogP contribution is 2.34. The lowest BCUT2D eigenvalue weighted by Gasteiger charge is -2.29. The molecule has 0 heterocycles. The molecule has 0 spiro atoms. The van der Waals surface area contributed by atoms with Gasteiger partial charge in [-0.3, -0.25) is 0 Å². The molecule has 1 saturated carbocycles. The van der Waals surface area contributed by atoms with Gasteiger partial charge < -0.3 is 10.5 Å². The summed E-state index contributed by atoms with van der Waals surface area (Å²) in [5, 5.41) is 8.64. The second kappa shape index (κ2) is 3.21. The maximum atomic E-state index is 8.64. The zero-order valence-electron chi connectivity index (χ0n) is 6.84. The van der Waals surface area contributed by atoms with E-state index in [1.807, 2.05) is 0 Å². The van der Waals surface area contributed by atoms with Gasteiger partial charge in [0.2, 0.25) is 0 Å². The Labute approximate surface area is 67.1 Å². The van der Waals surface area contributed by atoms with Crippen molar-refractivity contribution in [3.63, 3.8) is 0 Å². The third kappa shape index (κ3) is 1.37. The Bertz CT molecular complexity index is 167. The molecule has 0 aliphatic heterocycles. The number of hydrogen-bond acceptors (Lipinski definition) is 3. The molecule has 0 bridgehead atoms. The number of hydrogen-bond donors (Lipinski definition) is 1. The van der Waals surface area contributed by atoms with Crippen LogP contribution in [0.25, 0.3) is 0 Å². The van der Waals surface area contributed by atoms with Gasteiger partial charge in [0.25, 0.3) is 0 Å². The molecule has 1 rings (SSSR count). The molecule has 2 N–H and O–H groups in total. The van der Waals surface area contributed by atoms with E-state index in [0.717, 1.165) is 25.7 Å². The first-order valence-corrected chi connectivity index (χ1v) is 3.95. The van der Waals surface area contributed by atoms with Crippen LogP contribution in [0.3, 0.4) is 0 Å². The lowest BCUT2D eigenvalue weighted by molar-refractivity contribution is -0.0123. The number of rotatable bonds is 2. The zero-order valence-corrected chi connectivity index (χ0v) is 6.84. The first-order chi connectivity index (χ1) is 5.25. The highest BCUT2D eigenvalue weighted by Gasteiger charge is 2.39. The van der Waals surface area contributed by atoms with Crippen LogP contribution < -0.4 is 5.73 Å². The fourth-order valence-electron chi connectivity index (χ4n) is 1.73. The van der Waals surface area contributed by atoms with Gasteiger partial charge in [-0.05, 0) is 12.8 Å². The molecule has 11 heavy (non-hydrogen) atoms. The predicted molar refractivity (Wildman–Crippen MR) is 41.8 cm³/mol. The number of nitrogens with two attached hydrogens (primary N) is 1. The van der Waals surface area contributed by atoms with E-state index in [4.69, 9.17) is 15.7 Å². The molecule has 1 unspecified atom stereocenters. The highest BCUT2D eigenvalue weighted by atomic mass is 16.5. The van der Waals surface area contributed by atoms with Gasteiger partial charge >= 0.3 is 0 Å². The Morgan fingerprint density at radius 3 is 2.45 bits per heavy atom. The van der Waals surface area contributed by atoms with Crippen LogP contribution in [0.15, 0.2) is 0 Å². The number of nitrogens with zero attached hydrogens (tertiary/aromatic N) is 1. The van der Waals surface area contributed by atoms with Crippen molar-refractivity contribution in [3.05, 3.63) is 0 Å². The van der Waals surface area contributed by atoms with E-state index in [1.54, 1.807) is 7.11 Å². The zero-order chi connectivity index (χ0) is 8.32. The highest BCUT2D eigenvalue weighted by molar-refractivity contribution is 5.05. The Balaban J connectivity index is 2.68. The van der Waals surface area contributed by atoms with Gasteiger partial charge in [0.1, 0.15) is 6.04 Å². The molecule has 0 saturated heterocycles. The van der Waals surface area contributed by atoms with Crippen LogP contribution >= 0.6 is 0 Å². The summed E-state index contributed by atoms with van der Waals surface area (Å²) in [6, 6.07) is 1.59. The van der Waals surface area contributed by atoms with Crippen LogP contribution in [0.4, 0.5) is 0 Å². The van der Waals surface area contributed by atoms with Crippen molar-refractivity contribution in [1.29, 1.82) is 5.26 Å². The lowest BCUT2D eigenvalue weighted by atomic mass is 9.94. The van der Waals surface area contributed by atoms with Gasteiger partial charge in [-0.1, -0.05) is 12.8 Å². The molecule has 1 aliphatic rings.